The van der Waals surface area contributed by atoms with Crippen LogP contribution in [0.3, 0.4) is 0 Å². The van der Waals surface area contributed by atoms with E-state index >= 15 is 0 Å². The number of carbonyl (C=O) groups excluding carboxylic acids is 1. The van der Waals surface area contributed by atoms with E-state index in [1.807, 2.05) is 20.0 Å². The van der Waals surface area contributed by atoms with E-state index in [2.05, 4.69) is 5.32 Å². The minimum atomic E-state index is -0.506. The Labute approximate surface area is 101 Å². The molecule has 17 heavy (non-hydrogen) atoms. The molecule has 0 spiro atoms. The zero-order valence-electron chi connectivity index (χ0n) is 10.4. The molecule has 0 saturated carbocycles. The molecule has 0 aliphatic carbocycles. The number of methoxy groups -OCH3 is 1. The zero-order chi connectivity index (χ0) is 12.5. The van der Waals surface area contributed by atoms with E-state index in [-0.39, 0.29) is 5.97 Å². The summed E-state index contributed by atoms with van der Waals surface area (Å²) >= 11 is 0. The first-order valence-corrected chi connectivity index (χ1v) is 5.63. The summed E-state index contributed by atoms with van der Waals surface area (Å²) < 4.78 is 10.8. The van der Waals surface area contributed by atoms with Crippen molar-refractivity contribution in [1.29, 1.82) is 0 Å². The fourth-order valence-electron chi connectivity index (χ4n) is 2.29. The van der Waals surface area contributed by atoms with Gasteiger partial charge in [-0.3, -0.25) is 0 Å². The van der Waals surface area contributed by atoms with E-state index in [0.717, 1.165) is 11.3 Å². The number of benzene rings is 1. The number of hydrogen-bond acceptors (Lipinski definition) is 4. The highest BCUT2D eigenvalue weighted by Crippen LogP contribution is 2.33. The van der Waals surface area contributed by atoms with Gasteiger partial charge >= 0.3 is 5.97 Å². The first-order valence-electron chi connectivity index (χ1n) is 5.63. The Kier molecular flexibility index (Phi) is 3.07. The SMILES string of the molecule is CNCC1(C)Cc2c(OC)cccc2C(=O)O1. The second-order valence-corrected chi connectivity index (χ2v) is 4.53. The molecular weight excluding hydrogens is 218 g/mol. The maximum absolute atomic E-state index is 11.9. The second kappa shape index (κ2) is 4.37. The summed E-state index contributed by atoms with van der Waals surface area (Å²) in [4.78, 5) is 11.9. The van der Waals surface area contributed by atoms with Gasteiger partial charge in [0.2, 0.25) is 0 Å². The molecule has 0 bridgehead atoms. The van der Waals surface area contributed by atoms with Gasteiger partial charge in [-0.15, -0.1) is 0 Å². The van der Waals surface area contributed by atoms with Crippen LogP contribution in [0.15, 0.2) is 18.2 Å². The number of rotatable bonds is 3. The third-order valence-electron chi connectivity index (χ3n) is 3.01. The van der Waals surface area contributed by atoms with Crippen LogP contribution >= 0.6 is 0 Å². The number of carbonyl (C=O) groups is 1. The van der Waals surface area contributed by atoms with Crippen molar-refractivity contribution in [1.82, 2.24) is 5.32 Å². The van der Waals surface area contributed by atoms with Crippen LogP contribution in [0.5, 0.6) is 5.75 Å². The van der Waals surface area contributed by atoms with Crippen LogP contribution in [0.1, 0.15) is 22.8 Å². The van der Waals surface area contributed by atoms with E-state index in [1.165, 1.54) is 0 Å². The first-order chi connectivity index (χ1) is 8.09. The minimum absolute atomic E-state index is 0.275. The highest BCUT2D eigenvalue weighted by atomic mass is 16.6. The van der Waals surface area contributed by atoms with Gasteiger partial charge in [0.1, 0.15) is 11.4 Å². The third kappa shape index (κ3) is 2.13. The molecule has 4 nitrogen and oxygen atoms in total. The number of nitrogens with one attached hydrogen (secondary N) is 1. The van der Waals surface area contributed by atoms with Gasteiger partial charge in [0.25, 0.3) is 0 Å². The highest BCUT2D eigenvalue weighted by molar-refractivity contribution is 5.93. The summed E-state index contributed by atoms with van der Waals surface area (Å²) in [6, 6.07) is 5.45. The third-order valence-corrected chi connectivity index (χ3v) is 3.01. The average Bonchev–Trinajstić information content (AvgIpc) is 2.28. The molecule has 0 amide bonds. The molecule has 1 unspecified atom stereocenters. The molecule has 1 aromatic carbocycles. The van der Waals surface area contributed by atoms with E-state index in [4.69, 9.17) is 9.47 Å². The molecule has 0 aromatic heterocycles. The van der Waals surface area contributed by atoms with Gasteiger partial charge in [-0.05, 0) is 26.1 Å². The number of cyclic esters (lactones) is 1. The van der Waals surface area contributed by atoms with Crippen molar-refractivity contribution in [2.24, 2.45) is 0 Å². The topological polar surface area (TPSA) is 47.6 Å². The van der Waals surface area contributed by atoms with Gasteiger partial charge in [0.15, 0.2) is 0 Å². The standard InChI is InChI=1S/C13H17NO3/c1-13(8-14-2)7-10-9(12(15)17-13)5-4-6-11(10)16-3/h4-6,14H,7-8H2,1-3H3. The summed E-state index contributed by atoms with van der Waals surface area (Å²) in [6.45, 7) is 2.55. The highest BCUT2D eigenvalue weighted by Gasteiger charge is 2.37. The lowest BCUT2D eigenvalue weighted by molar-refractivity contribution is -0.0143. The van der Waals surface area contributed by atoms with Gasteiger partial charge in [0.05, 0.1) is 12.7 Å². The molecule has 1 aromatic rings. The summed E-state index contributed by atoms with van der Waals surface area (Å²) in [6.07, 6.45) is 0.666. The average molecular weight is 235 g/mol. The molecule has 0 radical (unpaired) electrons. The van der Waals surface area contributed by atoms with Crippen LogP contribution in [0, 0.1) is 0 Å². The van der Waals surface area contributed by atoms with E-state index in [0.29, 0.717) is 18.5 Å². The first kappa shape index (κ1) is 11.9. The minimum Gasteiger partial charge on any atom is -0.496 e. The molecule has 0 fully saturated rings. The van der Waals surface area contributed by atoms with Crippen molar-refractivity contribution in [3.05, 3.63) is 29.3 Å². The van der Waals surface area contributed by atoms with Crippen molar-refractivity contribution in [3.63, 3.8) is 0 Å². The van der Waals surface area contributed by atoms with Crippen LogP contribution in [0.25, 0.3) is 0 Å². The number of ether oxygens (including phenoxy) is 2. The second-order valence-electron chi connectivity index (χ2n) is 4.53. The maximum atomic E-state index is 11.9. The fourth-order valence-corrected chi connectivity index (χ4v) is 2.29. The van der Waals surface area contributed by atoms with Crippen LogP contribution in [0.2, 0.25) is 0 Å². The van der Waals surface area contributed by atoms with Crippen molar-refractivity contribution >= 4 is 5.97 Å². The van der Waals surface area contributed by atoms with Crippen molar-refractivity contribution < 1.29 is 14.3 Å². The lowest BCUT2D eigenvalue weighted by Gasteiger charge is -2.34. The monoisotopic (exact) mass is 235 g/mol. The number of likely N-dealkylation sites (N-methyl/N-ethyl adjacent to an activating group) is 1. The normalized spacial score (nSPS) is 22.9. The molecular formula is C13H17NO3. The summed E-state index contributed by atoms with van der Waals surface area (Å²) in [5, 5.41) is 3.05. The number of fused-ring (bicyclic) bond motifs is 1. The van der Waals surface area contributed by atoms with Crippen LogP contribution < -0.4 is 10.1 Å². The van der Waals surface area contributed by atoms with Gasteiger partial charge < -0.3 is 14.8 Å². The molecule has 92 valence electrons. The Morgan fingerprint density at radius 1 is 1.53 bits per heavy atom. The number of esters is 1. The molecule has 4 heteroatoms. The predicted octanol–water partition coefficient (Wildman–Crippen LogP) is 1.39. The summed E-state index contributed by atoms with van der Waals surface area (Å²) in [7, 11) is 3.46. The van der Waals surface area contributed by atoms with E-state index in [1.54, 1.807) is 19.2 Å². The van der Waals surface area contributed by atoms with E-state index in [9.17, 15) is 4.79 Å². The smallest absolute Gasteiger partial charge is 0.339 e. The Morgan fingerprint density at radius 3 is 2.94 bits per heavy atom. The maximum Gasteiger partial charge on any atom is 0.339 e. The Morgan fingerprint density at radius 2 is 2.29 bits per heavy atom. The lowest BCUT2D eigenvalue weighted by Crippen LogP contribution is -2.46. The van der Waals surface area contributed by atoms with Crippen LogP contribution in [-0.4, -0.2) is 32.3 Å². The molecule has 1 atom stereocenters. The van der Waals surface area contributed by atoms with Gasteiger partial charge in [0, 0.05) is 18.5 Å². The fraction of sp³-hybridized carbons (Fsp3) is 0.462. The van der Waals surface area contributed by atoms with Crippen LogP contribution in [0.4, 0.5) is 0 Å². The Bertz CT molecular complexity index is 444. The Hall–Kier alpha value is -1.55. The largest absolute Gasteiger partial charge is 0.496 e. The molecule has 0 saturated heterocycles. The van der Waals surface area contributed by atoms with E-state index < -0.39 is 5.60 Å². The van der Waals surface area contributed by atoms with Gasteiger partial charge in [-0.25, -0.2) is 4.79 Å². The van der Waals surface area contributed by atoms with Crippen molar-refractivity contribution in [2.75, 3.05) is 20.7 Å². The number of hydrogen-bond donors (Lipinski definition) is 1. The summed E-state index contributed by atoms with van der Waals surface area (Å²) in [5.74, 6) is 0.476. The van der Waals surface area contributed by atoms with Gasteiger partial charge in [-0.2, -0.15) is 0 Å². The van der Waals surface area contributed by atoms with Gasteiger partial charge in [-0.1, -0.05) is 6.07 Å². The van der Waals surface area contributed by atoms with Crippen molar-refractivity contribution in [3.8, 4) is 5.75 Å². The molecule has 1 aliphatic heterocycles. The predicted molar refractivity (Wildman–Crippen MR) is 64.4 cm³/mol. The summed E-state index contributed by atoms with van der Waals surface area (Å²) in [5.41, 5.74) is 1.04. The molecule has 1 heterocycles. The molecule has 2 rings (SSSR count). The Balaban J connectivity index is 2.43. The quantitative estimate of drug-likeness (QED) is 0.804. The lowest BCUT2D eigenvalue weighted by atomic mass is 9.89. The molecule has 1 N–H and O–H groups in total. The van der Waals surface area contributed by atoms with Crippen molar-refractivity contribution in [2.45, 2.75) is 18.9 Å². The zero-order valence-corrected chi connectivity index (χ0v) is 10.4. The molecule has 1 aliphatic rings. The van der Waals surface area contributed by atoms with Crippen LogP contribution in [-0.2, 0) is 11.2 Å².